The third-order valence-corrected chi connectivity index (χ3v) is 1.80. The average molecular weight is 205 g/mol. The Bertz CT molecular complexity index is 162. The predicted octanol–water partition coefficient (Wildman–Crippen LogP) is -2.74. The highest BCUT2D eigenvalue weighted by Gasteiger charge is 2.15. The van der Waals surface area contributed by atoms with Gasteiger partial charge in [-0.05, 0) is 14.1 Å². The highest BCUT2D eigenvalue weighted by Crippen LogP contribution is 1.82. The zero-order chi connectivity index (χ0) is 11.0. The average Bonchev–Trinajstić information content (AvgIpc) is 2.17. The molecule has 5 N–H and O–H groups in total. The molecule has 0 aromatic heterocycles. The topological polar surface area (TPSA) is 93.6 Å². The Morgan fingerprint density at radius 2 is 2.00 bits per heavy atom. The summed E-state index contributed by atoms with van der Waals surface area (Å²) in [7, 11) is 3.31. The minimum absolute atomic E-state index is 0.178. The smallest absolute Gasteiger partial charge is 0.239 e. The lowest BCUT2D eigenvalue weighted by molar-refractivity contribution is -0.124. The number of amides is 1. The van der Waals surface area contributed by atoms with Crippen LogP contribution in [-0.2, 0) is 4.79 Å². The summed E-state index contributed by atoms with van der Waals surface area (Å²) < 4.78 is 0. The number of carbonyl (C=O) groups is 1. The van der Waals surface area contributed by atoms with Crippen molar-refractivity contribution in [2.75, 3.05) is 33.8 Å². The second-order valence-corrected chi connectivity index (χ2v) is 2.98. The van der Waals surface area contributed by atoms with Gasteiger partial charge in [-0.1, -0.05) is 0 Å². The zero-order valence-corrected chi connectivity index (χ0v) is 8.58. The minimum atomic E-state index is -0.614. The number of aliphatic hydroxyl groups is 2. The molecule has 0 radical (unpaired) electrons. The third kappa shape index (κ3) is 5.13. The van der Waals surface area contributed by atoms with E-state index in [9.17, 15) is 9.90 Å². The van der Waals surface area contributed by atoms with Gasteiger partial charge in [0.25, 0.3) is 0 Å². The number of hydrogen-bond acceptors (Lipinski definition) is 5. The number of rotatable bonds is 7. The van der Waals surface area contributed by atoms with E-state index in [1.54, 1.807) is 14.1 Å². The van der Waals surface area contributed by atoms with Crippen molar-refractivity contribution in [1.82, 2.24) is 16.0 Å². The van der Waals surface area contributed by atoms with Gasteiger partial charge in [-0.15, -0.1) is 0 Å². The molecule has 84 valence electrons. The maximum Gasteiger partial charge on any atom is 0.239 e. The molecule has 14 heavy (non-hydrogen) atoms. The normalized spacial score (nSPS) is 14.9. The first-order valence-corrected chi connectivity index (χ1v) is 4.54. The van der Waals surface area contributed by atoms with Gasteiger partial charge in [-0.25, -0.2) is 0 Å². The van der Waals surface area contributed by atoms with Crippen molar-refractivity contribution in [2.45, 2.75) is 12.1 Å². The standard InChI is InChI=1S/C8H19N3O3/c1-9-3-6(13)4-11-8(14)7(5-12)10-2/h6-7,9-10,12-13H,3-5H2,1-2H3,(H,11,14)/t6?,7-/m0/s1. The first kappa shape index (κ1) is 13.3. The number of carbonyl (C=O) groups excluding carboxylic acids is 1. The molecule has 1 unspecified atom stereocenters. The molecule has 0 aromatic rings. The van der Waals surface area contributed by atoms with Crippen LogP contribution in [0.25, 0.3) is 0 Å². The van der Waals surface area contributed by atoms with E-state index < -0.39 is 12.1 Å². The maximum atomic E-state index is 11.2. The van der Waals surface area contributed by atoms with Gasteiger partial charge in [-0.3, -0.25) is 4.79 Å². The molecule has 2 atom stereocenters. The molecule has 0 heterocycles. The van der Waals surface area contributed by atoms with E-state index in [0.717, 1.165) is 0 Å². The van der Waals surface area contributed by atoms with Crippen LogP contribution >= 0.6 is 0 Å². The highest BCUT2D eigenvalue weighted by molar-refractivity contribution is 5.81. The van der Waals surface area contributed by atoms with Crippen LogP contribution in [0.15, 0.2) is 0 Å². The number of hydrogen-bond donors (Lipinski definition) is 5. The molecule has 0 saturated heterocycles. The van der Waals surface area contributed by atoms with Crippen LogP contribution in [0.5, 0.6) is 0 Å². The Kier molecular flexibility index (Phi) is 7.31. The van der Waals surface area contributed by atoms with Crippen LogP contribution < -0.4 is 16.0 Å². The van der Waals surface area contributed by atoms with Crippen molar-refractivity contribution in [3.8, 4) is 0 Å². The van der Waals surface area contributed by atoms with Crippen molar-refractivity contribution in [3.05, 3.63) is 0 Å². The number of aliphatic hydroxyl groups excluding tert-OH is 2. The van der Waals surface area contributed by atoms with Crippen molar-refractivity contribution in [3.63, 3.8) is 0 Å². The molecule has 0 bridgehead atoms. The maximum absolute atomic E-state index is 11.2. The van der Waals surface area contributed by atoms with Gasteiger partial charge in [0.05, 0.1) is 12.7 Å². The molecule has 0 fully saturated rings. The Labute approximate surface area is 83.7 Å². The van der Waals surface area contributed by atoms with Crippen LogP contribution in [-0.4, -0.2) is 62.1 Å². The van der Waals surface area contributed by atoms with E-state index >= 15 is 0 Å². The lowest BCUT2D eigenvalue weighted by atomic mass is 10.3. The lowest BCUT2D eigenvalue weighted by Gasteiger charge is -2.15. The van der Waals surface area contributed by atoms with E-state index in [4.69, 9.17) is 5.11 Å². The molecule has 0 aliphatic carbocycles. The SMILES string of the molecule is CNCC(O)CNC(=O)[C@H](CO)NC. The number of likely N-dealkylation sites (N-methyl/N-ethyl adjacent to an activating group) is 2. The second kappa shape index (κ2) is 7.69. The summed E-state index contributed by atoms with van der Waals surface area (Å²) in [6.07, 6.45) is -0.611. The molecule has 0 aromatic carbocycles. The summed E-state index contributed by atoms with van der Waals surface area (Å²) in [5, 5.41) is 26.0. The van der Waals surface area contributed by atoms with E-state index in [1.165, 1.54) is 0 Å². The summed E-state index contributed by atoms with van der Waals surface area (Å²) in [5.74, 6) is -0.315. The second-order valence-electron chi connectivity index (χ2n) is 2.98. The molecule has 0 rings (SSSR count). The summed E-state index contributed by atoms with van der Waals surface area (Å²) in [5.41, 5.74) is 0. The van der Waals surface area contributed by atoms with E-state index in [2.05, 4.69) is 16.0 Å². The van der Waals surface area contributed by atoms with Gasteiger partial charge in [0.1, 0.15) is 6.04 Å². The highest BCUT2D eigenvalue weighted by atomic mass is 16.3. The Hall–Kier alpha value is -0.690. The summed E-state index contributed by atoms with van der Waals surface area (Å²) in [6, 6.07) is -0.614. The molecule has 0 saturated carbocycles. The fourth-order valence-corrected chi connectivity index (χ4v) is 0.955. The molecule has 1 amide bonds. The summed E-state index contributed by atoms with van der Waals surface area (Å²) >= 11 is 0. The van der Waals surface area contributed by atoms with Crippen molar-refractivity contribution < 1.29 is 15.0 Å². The Morgan fingerprint density at radius 3 is 2.43 bits per heavy atom. The van der Waals surface area contributed by atoms with Crippen LogP contribution in [0.2, 0.25) is 0 Å². The number of nitrogens with one attached hydrogen (secondary N) is 3. The van der Waals surface area contributed by atoms with Crippen molar-refractivity contribution in [1.29, 1.82) is 0 Å². The summed E-state index contributed by atoms with van der Waals surface area (Å²) in [6.45, 7) is 0.339. The van der Waals surface area contributed by atoms with Gasteiger partial charge in [-0.2, -0.15) is 0 Å². The molecular formula is C8H19N3O3. The quantitative estimate of drug-likeness (QED) is 0.311. The van der Waals surface area contributed by atoms with Crippen LogP contribution in [0.3, 0.4) is 0 Å². The van der Waals surface area contributed by atoms with Gasteiger partial charge < -0.3 is 26.2 Å². The van der Waals surface area contributed by atoms with Gasteiger partial charge in [0.15, 0.2) is 0 Å². The predicted molar refractivity (Wildman–Crippen MR) is 52.9 cm³/mol. The molecular weight excluding hydrogens is 186 g/mol. The monoisotopic (exact) mass is 205 g/mol. The zero-order valence-electron chi connectivity index (χ0n) is 8.58. The van der Waals surface area contributed by atoms with Crippen LogP contribution in [0, 0.1) is 0 Å². The van der Waals surface area contributed by atoms with E-state index in [1.807, 2.05) is 0 Å². The van der Waals surface area contributed by atoms with Gasteiger partial charge in [0.2, 0.25) is 5.91 Å². The van der Waals surface area contributed by atoms with Crippen molar-refractivity contribution in [2.24, 2.45) is 0 Å². The molecule has 0 aliphatic heterocycles. The fourth-order valence-electron chi connectivity index (χ4n) is 0.955. The molecule has 6 heteroatoms. The Balaban J connectivity index is 3.71. The molecule has 0 spiro atoms. The third-order valence-electron chi connectivity index (χ3n) is 1.80. The molecule has 6 nitrogen and oxygen atoms in total. The Morgan fingerprint density at radius 1 is 1.36 bits per heavy atom. The van der Waals surface area contributed by atoms with Crippen LogP contribution in [0.1, 0.15) is 0 Å². The first-order chi connectivity index (χ1) is 6.65. The van der Waals surface area contributed by atoms with Gasteiger partial charge >= 0.3 is 0 Å². The minimum Gasteiger partial charge on any atom is -0.394 e. The molecule has 0 aliphatic rings. The lowest BCUT2D eigenvalue weighted by Crippen LogP contribution is -2.47. The van der Waals surface area contributed by atoms with E-state index in [-0.39, 0.29) is 19.1 Å². The van der Waals surface area contributed by atoms with Gasteiger partial charge in [0, 0.05) is 13.1 Å². The largest absolute Gasteiger partial charge is 0.394 e. The van der Waals surface area contributed by atoms with Crippen LogP contribution in [0.4, 0.5) is 0 Å². The van der Waals surface area contributed by atoms with E-state index in [0.29, 0.717) is 6.54 Å². The summed E-state index contributed by atoms with van der Waals surface area (Å²) in [4.78, 5) is 11.2. The van der Waals surface area contributed by atoms with Crippen molar-refractivity contribution >= 4 is 5.91 Å². The fraction of sp³-hybridized carbons (Fsp3) is 0.875. The first-order valence-electron chi connectivity index (χ1n) is 4.54.